The van der Waals surface area contributed by atoms with Gasteiger partial charge in [0.25, 0.3) is 0 Å². The van der Waals surface area contributed by atoms with Crippen molar-refractivity contribution in [2.24, 2.45) is 0 Å². The lowest BCUT2D eigenvalue weighted by Gasteiger charge is -2.12. The Morgan fingerprint density at radius 3 is 3.14 bits per heavy atom. The van der Waals surface area contributed by atoms with E-state index < -0.39 is 5.69 Å². The van der Waals surface area contributed by atoms with Crippen LogP contribution in [0.4, 0.5) is 5.82 Å². The van der Waals surface area contributed by atoms with Crippen molar-refractivity contribution < 1.29 is 9.94 Å². The van der Waals surface area contributed by atoms with E-state index in [1.54, 1.807) is 6.20 Å². The Bertz CT molecular complexity index is 370. The van der Waals surface area contributed by atoms with Gasteiger partial charge in [-0.15, -0.1) is 0 Å². The molecule has 0 aliphatic carbocycles. The van der Waals surface area contributed by atoms with E-state index in [2.05, 4.69) is 4.98 Å². The predicted octanol–water partition coefficient (Wildman–Crippen LogP) is 0.353. The molecule has 14 heavy (non-hydrogen) atoms. The van der Waals surface area contributed by atoms with Gasteiger partial charge in [-0.3, -0.25) is 15.3 Å². The first-order valence-corrected chi connectivity index (χ1v) is 4.42. The number of hydrogen-bond donors (Lipinski definition) is 2. The first-order chi connectivity index (χ1) is 6.81. The van der Waals surface area contributed by atoms with Crippen LogP contribution in [0.1, 0.15) is 19.1 Å². The molecule has 1 atom stereocenters. The van der Waals surface area contributed by atoms with Gasteiger partial charge in [0.1, 0.15) is 6.23 Å². The molecule has 2 N–H and O–H groups in total. The molecule has 0 saturated carbocycles. The average molecular weight is 197 g/mol. The normalized spacial score (nSPS) is 21.1. The standard InChI is InChI=1S/C8H11N3O3/c12-8-9-6(10-13)3-4-11(8)7-2-1-5-14-7/h3-4,7,13H,1-2,5H2,(H,9,10,12)/t7-/m1/s1. The van der Waals surface area contributed by atoms with E-state index >= 15 is 0 Å². The van der Waals surface area contributed by atoms with Crippen LogP contribution in [0, 0.1) is 0 Å². The van der Waals surface area contributed by atoms with Gasteiger partial charge in [-0.05, 0) is 18.9 Å². The number of nitrogens with one attached hydrogen (secondary N) is 1. The highest BCUT2D eigenvalue weighted by atomic mass is 16.5. The van der Waals surface area contributed by atoms with E-state index in [0.29, 0.717) is 6.61 Å². The van der Waals surface area contributed by atoms with E-state index in [-0.39, 0.29) is 12.0 Å². The highest BCUT2D eigenvalue weighted by Gasteiger charge is 2.18. The van der Waals surface area contributed by atoms with Gasteiger partial charge in [-0.1, -0.05) is 0 Å². The van der Waals surface area contributed by atoms with Crippen molar-refractivity contribution in [1.82, 2.24) is 9.55 Å². The van der Waals surface area contributed by atoms with Crippen LogP contribution < -0.4 is 11.2 Å². The Morgan fingerprint density at radius 2 is 2.57 bits per heavy atom. The minimum absolute atomic E-state index is 0.143. The van der Waals surface area contributed by atoms with Crippen molar-refractivity contribution in [1.29, 1.82) is 0 Å². The van der Waals surface area contributed by atoms with Crippen molar-refractivity contribution in [3.63, 3.8) is 0 Å². The Kier molecular flexibility index (Phi) is 2.47. The van der Waals surface area contributed by atoms with E-state index in [4.69, 9.17) is 9.94 Å². The van der Waals surface area contributed by atoms with Crippen LogP contribution in [0.15, 0.2) is 17.1 Å². The monoisotopic (exact) mass is 197 g/mol. The van der Waals surface area contributed by atoms with Gasteiger partial charge in [0.15, 0.2) is 5.82 Å². The van der Waals surface area contributed by atoms with Crippen molar-refractivity contribution in [2.75, 3.05) is 12.1 Å². The van der Waals surface area contributed by atoms with Gasteiger partial charge in [0.2, 0.25) is 0 Å². The third-order valence-corrected chi connectivity index (χ3v) is 2.16. The summed E-state index contributed by atoms with van der Waals surface area (Å²) in [5.41, 5.74) is 1.40. The fourth-order valence-corrected chi connectivity index (χ4v) is 1.47. The zero-order chi connectivity index (χ0) is 9.97. The van der Waals surface area contributed by atoms with Crippen LogP contribution in [0.25, 0.3) is 0 Å². The average Bonchev–Trinajstić information content (AvgIpc) is 2.70. The summed E-state index contributed by atoms with van der Waals surface area (Å²) in [5.74, 6) is 0.143. The van der Waals surface area contributed by atoms with E-state index in [9.17, 15) is 4.79 Å². The topological polar surface area (TPSA) is 76.4 Å². The first-order valence-electron chi connectivity index (χ1n) is 4.42. The minimum Gasteiger partial charge on any atom is -0.358 e. The molecule has 2 heterocycles. The van der Waals surface area contributed by atoms with Gasteiger partial charge in [0, 0.05) is 12.8 Å². The number of nitrogens with zero attached hydrogens (tertiary/aromatic N) is 2. The lowest BCUT2D eigenvalue weighted by molar-refractivity contribution is 0.0527. The minimum atomic E-state index is -0.420. The Hall–Kier alpha value is -1.40. The number of ether oxygens (including phenoxy) is 1. The zero-order valence-electron chi connectivity index (χ0n) is 7.51. The molecule has 0 radical (unpaired) electrons. The van der Waals surface area contributed by atoms with Crippen LogP contribution in [0.5, 0.6) is 0 Å². The molecule has 1 fully saturated rings. The van der Waals surface area contributed by atoms with Crippen LogP contribution in [-0.4, -0.2) is 21.4 Å². The summed E-state index contributed by atoms with van der Waals surface area (Å²) in [7, 11) is 0. The molecule has 0 aromatic carbocycles. The molecule has 0 amide bonds. The molecule has 6 heteroatoms. The molecular weight excluding hydrogens is 186 g/mol. The molecule has 0 bridgehead atoms. The maximum Gasteiger partial charge on any atom is 0.351 e. The van der Waals surface area contributed by atoms with E-state index in [0.717, 1.165) is 12.8 Å². The molecule has 6 nitrogen and oxygen atoms in total. The zero-order valence-corrected chi connectivity index (χ0v) is 7.51. The molecule has 1 aliphatic rings. The summed E-state index contributed by atoms with van der Waals surface area (Å²) in [6, 6.07) is 1.52. The Labute approximate surface area is 80.1 Å². The number of aromatic nitrogens is 2. The SMILES string of the molecule is O=c1nc(NO)ccn1[C@H]1CCCO1. The third kappa shape index (κ3) is 1.61. The van der Waals surface area contributed by atoms with Crippen molar-refractivity contribution >= 4 is 5.82 Å². The summed E-state index contributed by atoms with van der Waals surface area (Å²) in [6.45, 7) is 0.678. The maximum absolute atomic E-state index is 11.4. The third-order valence-electron chi connectivity index (χ3n) is 2.16. The molecule has 0 unspecified atom stereocenters. The summed E-state index contributed by atoms with van der Waals surface area (Å²) in [6.07, 6.45) is 3.14. The lowest BCUT2D eigenvalue weighted by atomic mass is 10.3. The summed E-state index contributed by atoms with van der Waals surface area (Å²) in [4.78, 5) is 15.0. The molecule has 1 aromatic heterocycles. The van der Waals surface area contributed by atoms with Crippen molar-refractivity contribution in [2.45, 2.75) is 19.1 Å². The van der Waals surface area contributed by atoms with E-state index in [1.807, 2.05) is 5.48 Å². The molecule has 1 saturated heterocycles. The summed E-state index contributed by atoms with van der Waals surface area (Å²) >= 11 is 0. The highest BCUT2D eigenvalue weighted by molar-refractivity contribution is 5.27. The Morgan fingerprint density at radius 1 is 1.71 bits per heavy atom. The van der Waals surface area contributed by atoms with Crippen LogP contribution in [-0.2, 0) is 4.74 Å². The molecule has 2 rings (SSSR count). The van der Waals surface area contributed by atoms with Gasteiger partial charge >= 0.3 is 5.69 Å². The molecule has 1 aliphatic heterocycles. The second kappa shape index (κ2) is 3.77. The highest BCUT2D eigenvalue weighted by Crippen LogP contribution is 2.20. The van der Waals surface area contributed by atoms with Gasteiger partial charge < -0.3 is 4.74 Å². The quantitative estimate of drug-likeness (QED) is 0.669. The predicted molar refractivity (Wildman–Crippen MR) is 48.1 cm³/mol. The molecular formula is C8H11N3O3. The van der Waals surface area contributed by atoms with E-state index in [1.165, 1.54) is 10.6 Å². The smallest absolute Gasteiger partial charge is 0.351 e. The van der Waals surface area contributed by atoms with Gasteiger partial charge in [0.05, 0.1) is 0 Å². The lowest BCUT2D eigenvalue weighted by Crippen LogP contribution is -2.26. The van der Waals surface area contributed by atoms with Crippen molar-refractivity contribution in [3.8, 4) is 0 Å². The first kappa shape index (κ1) is 9.17. The van der Waals surface area contributed by atoms with Crippen LogP contribution in [0.2, 0.25) is 0 Å². The number of anilines is 1. The molecule has 76 valence electrons. The van der Waals surface area contributed by atoms with Crippen LogP contribution >= 0.6 is 0 Å². The maximum atomic E-state index is 11.4. The van der Waals surface area contributed by atoms with Crippen LogP contribution in [0.3, 0.4) is 0 Å². The molecule has 1 aromatic rings. The fraction of sp³-hybridized carbons (Fsp3) is 0.500. The van der Waals surface area contributed by atoms with Gasteiger partial charge in [-0.2, -0.15) is 4.98 Å². The van der Waals surface area contributed by atoms with Crippen molar-refractivity contribution in [3.05, 3.63) is 22.7 Å². The van der Waals surface area contributed by atoms with Gasteiger partial charge in [-0.25, -0.2) is 4.79 Å². The molecule has 0 spiro atoms. The number of hydrogen-bond acceptors (Lipinski definition) is 5. The fourth-order valence-electron chi connectivity index (χ4n) is 1.47. The summed E-state index contributed by atoms with van der Waals surface area (Å²) < 4.78 is 6.76. The second-order valence-electron chi connectivity index (χ2n) is 3.08. The number of rotatable bonds is 2. The second-order valence-corrected chi connectivity index (χ2v) is 3.08. The summed E-state index contributed by atoms with van der Waals surface area (Å²) in [5, 5.41) is 8.53. The largest absolute Gasteiger partial charge is 0.358 e. The Balaban J connectivity index is 2.30.